The maximum absolute atomic E-state index is 12.7. The fourth-order valence-corrected chi connectivity index (χ4v) is 3.77. The van der Waals surface area contributed by atoms with Gasteiger partial charge in [-0.05, 0) is 18.2 Å². The molecule has 0 atom stereocenters. The SMILES string of the molecule is CC(C)(C)C(=O)N1CCN(C(=O)c2ccc3c(c2)NC(=O)CS3)CC1. The number of amides is 3. The van der Waals surface area contributed by atoms with Crippen LogP contribution in [0.1, 0.15) is 31.1 Å². The normalized spacial score (nSPS) is 17.8. The van der Waals surface area contributed by atoms with E-state index in [1.54, 1.807) is 17.0 Å². The van der Waals surface area contributed by atoms with Crippen LogP contribution >= 0.6 is 11.8 Å². The molecule has 2 aliphatic rings. The van der Waals surface area contributed by atoms with Crippen molar-refractivity contribution in [2.45, 2.75) is 25.7 Å². The van der Waals surface area contributed by atoms with Crippen molar-refractivity contribution in [2.24, 2.45) is 5.41 Å². The molecule has 0 saturated carbocycles. The third-order valence-corrected chi connectivity index (χ3v) is 5.43. The predicted molar refractivity (Wildman–Crippen MR) is 97.7 cm³/mol. The first-order chi connectivity index (χ1) is 11.8. The molecule has 1 aromatic rings. The lowest BCUT2D eigenvalue weighted by Crippen LogP contribution is -2.53. The second-order valence-corrected chi connectivity index (χ2v) is 8.40. The number of rotatable bonds is 1. The minimum absolute atomic E-state index is 0.0450. The van der Waals surface area contributed by atoms with E-state index in [4.69, 9.17) is 0 Å². The van der Waals surface area contributed by atoms with E-state index in [9.17, 15) is 14.4 Å². The van der Waals surface area contributed by atoms with Crippen LogP contribution in [0.3, 0.4) is 0 Å². The van der Waals surface area contributed by atoms with Gasteiger partial charge in [0, 0.05) is 42.1 Å². The summed E-state index contributed by atoms with van der Waals surface area (Å²) in [6.45, 7) is 7.89. The predicted octanol–water partition coefficient (Wildman–Crippen LogP) is 2.06. The summed E-state index contributed by atoms with van der Waals surface area (Å²) in [4.78, 5) is 41.2. The van der Waals surface area contributed by atoms with E-state index in [2.05, 4.69) is 5.32 Å². The summed E-state index contributed by atoms with van der Waals surface area (Å²) >= 11 is 1.48. The topological polar surface area (TPSA) is 69.7 Å². The van der Waals surface area contributed by atoms with Crippen LogP contribution in [0.15, 0.2) is 23.1 Å². The smallest absolute Gasteiger partial charge is 0.254 e. The van der Waals surface area contributed by atoms with Crippen LogP contribution in [0.2, 0.25) is 0 Å². The van der Waals surface area contributed by atoms with Gasteiger partial charge in [-0.1, -0.05) is 20.8 Å². The van der Waals surface area contributed by atoms with Gasteiger partial charge in [-0.2, -0.15) is 0 Å². The van der Waals surface area contributed by atoms with Crippen molar-refractivity contribution in [1.82, 2.24) is 9.80 Å². The van der Waals surface area contributed by atoms with E-state index >= 15 is 0 Å². The molecule has 7 heteroatoms. The number of piperazine rings is 1. The zero-order valence-electron chi connectivity index (χ0n) is 14.8. The van der Waals surface area contributed by atoms with Gasteiger partial charge in [0.2, 0.25) is 11.8 Å². The Morgan fingerprint density at radius 1 is 1.08 bits per heavy atom. The molecule has 0 spiro atoms. The summed E-state index contributed by atoms with van der Waals surface area (Å²) in [6, 6.07) is 5.43. The van der Waals surface area contributed by atoms with Crippen molar-refractivity contribution in [1.29, 1.82) is 0 Å². The number of anilines is 1. The molecule has 3 amide bonds. The molecular formula is C18H23N3O3S. The summed E-state index contributed by atoms with van der Waals surface area (Å²) in [5.41, 5.74) is 0.867. The fraction of sp³-hybridized carbons (Fsp3) is 0.500. The first kappa shape index (κ1) is 17.8. The number of hydrogen-bond donors (Lipinski definition) is 1. The highest BCUT2D eigenvalue weighted by molar-refractivity contribution is 8.00. The molecule has 1 aromatic carbocycles. The molecule has 2 aliphatic heterocycles. The molecule has 0 bridgehead atoms. The molecule has 0 aromatic heterocycles. The maximum Gasteiger partial charge on any atom is 0.254 e. The van der Waals surface area contributed by atoms with Gasteiger partial charge < -0.3 is 15.1 Å². The zero-order chi connectivity index (χ0) is 18.2. The van der Waals surface area contributed by atoms with Crippen molar-refractivity contribution < 1.29 is 14.4 Å². The van der Waals surface area contributed by atoms with Gasteiger partial charge in [-0.25, -0.2) is 0 Å². The van der Waals surface area contributed by atoms with E-state index < -0.39 is 5.41 Å². The van der Waals surface area contributed by atoms with Crippen molar-refractivity contribution in [3.05, 3.63) is 23.8 Å². The van der Waals surface area contributed by atoms with Gasteiger partial charge in [-0.3, -0.25) is 14.4 Å². The fourth-order valence-electron chi connectivity index (χ4n) is 2.99. The summed E-state index contributed by atoms with van der Waals surface area (Å²) in [6.07, 6.45) is 0. The zero-order valence-corrected chi connectivity index (χ0v) is 15.6. The Morgan fingerprint density at radius 3 is 2.36 bits per heavy atom. The number of fused-ring (bicyclic) bond motifs is 1. The lowest BCUT2D eigenvalue weighted by molar-refractivity contribution is -0.140. The molecular weight excluding hydrogens is 338 g/mol. The molecule has 2 heterocycles. The van der Waals surface area contributed by atoms with E-state index in [1.807, 2.05) is 31.7 Å². The third kappa shape index (κ3) is 3.81. The number of carbonyl (C=O) groups is 3. The van der Waals surface area contributed by atoms with Crippen LogP contribution in [0.5, 0.6) is 0 Å². The number of benzene rings is 1. The Kier molecular flexibility index (Phi) is 4.77. The summed E-state index contributed by atoms with van der Waals surface area (Å²) < 4.78 is 0. The monoisotopic (exact) mass is 361 g/mol. The molecule has 0 aliphatic carbocycles. The van der Waals surface area contributed by atoms with Gasteiger partial charge >= 0.3 is 0 Å². The Balaban J connectivity index is 1.66. The molecule has 25 heavy (non-hydrogen) atoms. The van der Waals surface area contributed by atoms with Crippen LogP contribution in [-0.2, 0) is 9.59 Å². The minimum Gasteiger partial charge on any atom is -0.339 e. The minimum atomic E-state index is -0.402. The Morgan fingerprint density at radius 2 is 1.72 bits per heavy atom. The molecule has 0 radical (unpaired) electrons. The molecule has 1 N–H and O–H groups in total. The molecule has 1 fully saturated rings. The standard InChI is InChI=1S/C18H23N3O3S/c1-18(2,3)17(24)21-8-6-20(7-9-21)16(23)12-4-5-14-13(10-12)19-15(22)11-25-14/h4-5,10H,6-9,11H2,1-3H3,(H,19,22). The van der Waals surface area contributed by atoms with E-state index in [0.29, 0.717) is 43.2 Å². The summed E-state index contributed by atoms with van der Waals surface area (Å²) in [5.74, 6) is 0.421. The summed E-state index contributed by atoms with van der Waals surface area (Å²) in [5, 5.41) is 2.81. The van der Waals surface area contributed by atoms with Crippen LogP contribution in [0, 0.1) is 5.41 Å². The highest BCUT2D eigenvalue weighted by Crippen LogP contribution is 2.32. The van der Waals surface area contributed by atoms with Gasteiger partial charge in [-0.15, -0.1) is 11.8 Å². The first-order valence-corrected chi connectivity index (χ1v) is 9.39. The largest absolute Gasteiger partial charge is 0.339 e. The molecule has 1 saturated heterocycles. The van der Waals surface area contributed by atoms with Gasteiger partial charge in [0.25, 0.3) is 5.91 Å². The first-order valence-electron chi connectivity index (χ1n) is 8.41. The summed E-state index contributed by atoms with van der Waals surface area (Å²) in [7, 11) is 0. The molecule has 134 valence electrons. The average Bonchev–Trinajstić information content (AvgIpc) is 2.59. The van der Waals surface area contributed by atoms with Gasteiger partial charge in [0.15, 0.2) is 0 Å². The highest BCUT2D eigenvalue weighted by atomic mass is 32.2. The Labute approximate surface area is 151 Å². The highest BCUT2D eigenvalue weighted by Gasteiger charge is 2.31. The second-order valence-electron chi connectivity index (χ2n) is 7.38. The number of carbonyl (C=O) groups excluding carboxylic acids is 3. The number of nitrogens with one attached hydrogen (secondary N) is 1. The van der Waals surface area contributed by atoms with Crippen molar-refractivity contribution in [2.75, 3.05) is 37.2 Å². The average molecular weight is 361 g/mol. The number of hydrogen-bond acceptors (Lipinski definition) is 4. The second kappa shape index (κ2) is 6.71. The Bertz CT molecular complexity index is 719. The van der Waals surface area contributed by atoms with E-state index in [-0.39, 0.29) is 17.7 Å². The number of thioether (sulfide) groups is 1. The Hall–Kier alpha value is -2.02. The molecule has 0 unspecified atom stereocenters. The maximum atomic E-state index is 12.7. The van der Waals surface area contributed by atoms with Crippen LogP contribution in [0.4, 0.5) is 5.69 Å². The lowest BCUT2D eigenvalue weighted by atomic mass is 9.94. The van der Waals surface area contributed by atoms with E-state index in [0.717, 1.165) is 4.90 Å². The van der Waals surface area contributed by atoms with Crippen LogP contribution in [0.25, 0.3) is 0 Å². The number of nitrogens with zero attached hydrogens (tertiary/aromatic N) is 2. The van der Waals surface area contributed by atoms with E-state index in [1.165, 1.54) is 11.8 Å². The van der Waals surface area contributed by atoms with Crippen molar-refractivity contribution in [3.8, 4) is 0 Å². The van der Waals surface area contributed by atoms with Crippen LogP contribution in [-0.4, -0.2) is 59.5 Å². The van der Waals surface area contributed by atoms with Gasteiger partial charge in [0.05, 0.1) is 11.4 Å². The quantitative estimate of drug-likeness (QED) is 0.831. The lowest BCUT2D eigenvalue weighted by Gasteiger charge is -2.37. The van der Waals surface area contributed by atoms with Crippen molar-refractivity contribution >= 4 is 35.2 Å². The van der Waals surface area contributed by atoms with Gasteiger partial charge in [0.1, 0.15) is 0 Å². The molecule has 3 rings (SSSR count). The van der Waals surface area contributed by atoms with Crippen LogP contribution < -0.4 is 5.32 Å². The third-order valence-electron chi connectivity index (χ3n) is 4.36. The molecule has 6 nitrogen and oxygen atoms in total. The van der Waals surface area contributed by atoms with Crippen molar-refractivity contribution in [3.63, 3.8) is 0 Å².